The summed E-state index contributed by atoms with van der Waals surface area (Å²) in [7, 11) is 0. The Bertz CT molecular complexity index is 463. The number of nitro benzene ring substituents is 1. The van der Waals surface area contributed by atoms with E-state index >= 15 is 0 Å². The third-order valence-electron chi connectivity index (χ3n) is 3.67. The molecule has 7 heteroatoms. The van der Waals surface area contributed by atoms with Crippen molar-refractivity contribution in [2.45, 2.75) is 19.4 Å². The summed E-state index contributed by atoms with van der Waals surface area (Å²) in [5.74, 6) is 0.589. The molecule has 2 N–H and O–H groups in total. The summed E-state index contributed by atoms with van der Waals surface area (Å²) in [6, 6.07) is 4.73. The highest BCUT2D eigenvalue weighted by molar-refractivity contribution is 6.30. The van der Waals surface area contributed by atoms with Crippen molar-refractivity contribution >= 4 is 29.7 Å². The van der Waals surface area contributed by atoms with Crippen molar-refractivity contribution in [3.8, 4) is 0 Å². The number of hydrogen-bond acceptors (Lipinski definition) is 4. The molecule has 0 atom stereocenters. The van der Waals surface area contributed by atoms with Crippen molar-refractivity contribution in [2.24, 2.45) is 11.7 Å². The third kappa shape index (κ3) is 4.31. The average molecular weight is 320 g/mol. The molecule has 0 bridgehead atoms. The van der Waals surface area contributed by atoms with Gasteiger partial charge in [-0.1, -0.05) is 11.6 Å². The van der Waals surface area contributed by atoms with E-state index < -0.39 is 0 Å². The van der Waals surface area contributed by atoms with Crippen LogP contribution in [0.3, 0.4) is 0 Å². The Hall–Kier alpha value is -0.880. The second-order valence-electron chi connectivity index (χ2n) is 4.99. The largest absolute Gasteiger partial charge is 0.330 e. The first kappa shape index (κ1) is 17.2. The quantitative estimate of drug-likeness (QED) is 0.684. The van der Waals surface area contributed by atoms with Gasteiger partial charge in [-0.25, -0.2) is 0 Å². The molecule has 0 unspecified atom stereocenters. The molecular formula is C13H19Cl2N3O2. The molecule has 0 radical (unpaired) electrons. The smallest absolute Gasteiger partial charge is 0.273 e. The Morgan fingerprint density at radius 2 is 2.05 bits per heavy atom. The van der Waals surface area contributed by atoms with E-state index in [0.29, 0.717) is 23.0 Å². The maximum absolute atomic E-state index is 11.0. The van der Waals surface area contributed by atoms with E-state index in [1.54, 1.807) is 12.1 Å². The number of nitro groups is 1. The summed E-state index contributed by atoms with van der Waals surface area (Å²) in [6.07, 6.45) is 2.12. The Morgan fingerprint density at radius 1 is 1.40 bits per heavy atom. The van der Waals surface area contributed by atoms with Crippen LogP contribution in [-0.4, -0.2) is 29.5 Å². The van der Waals surface area contributed by atoms with Gasteiger partial charge in [0, 0.05) is 23.2 Å². The minimum Gasteiger partial charge on any atom is -0.330 e. The molecule has 0 aliphatic carbocycles. The third-order valence-corrected chi connectivity index (χ3v) is 3.91. The standard InChI is InChI=1S/C13H18ClN3O2.ClH/c14-12-1-2-13(17(18)19)11(7-12)9-16-5-3-10(8-15)4-6-16;/h1-2,7,10H,3-6,8-9,15H2;1H. The Kier molecular flexibility index (Phi) is 6.68. The van der Waals surface area contributed by atoms with Crippen LogP contribution in [-0.2, 0) is 6.54 Å². The van der Waals surface area contributed by atoms with Crippen LogP contribution in [0.1, 0.15) is 18.4 Å². The number of likely N-dealkylation sites (tertiary alicyclic amines) is 1. The summed E-state index contributed by atoms with van der Waals surface area (Å²) >= 11 is 5.93. The van der Waals surface area contributed by atoms with Crippen molar-refractivity contribution in [3.63, 3.8) is 0 Å². The maximum Gasteiger partial charge on any atom is 0.273 e. The number of piperidine rings is 1. The fourth-order valence-corrected chi connectivity index (χ4v) is 2.67. The van der Waals surface area contributed by atoms with Crippen LogP contribution >= 0.6 is 24.0 Å². The van der Waals surface area contributed by atoms with Crippen LogP contribution in [0, 0.1) is 16.0 Å². The number of nitrogens with zero attached hydrogens (tertiary/aromatic N) is 2. The fourth-order valence-electron chi connectivity index (χ4n) is 2.48. The fraction of sp³-hybridized carbons (Fsp3) is 0.538. The molecule has 112 valence electrons. The number of nitrogens with two attached hydrogens (primary N) is 1. The zero-order valence-electron chi connectivity index (χ0n) is 11.1. The van der Waals surface area contributed by atoms with Crippen LogP contribution in [0.25, 0.3) is 0 Å². The molecule has 1 aliphatic heterocycles. The van der Waals surface area contributed by atoms with Gasteiger partial charge in [0.25, 0.3) is 5.69 Å². The highest BCUT2D eigenvalue weighted by atomic mass is 35.5. The lowest BCUT2D eigenvalue weighted by molar-refractivity contribution is -0.385. The van der Waals surface area contributed by atoms with Gasteiger partial charge in [0.05, 0.1) is 4.92 Å². The van der Waals surface area contributed by atoms with Gasteiger partial charge in [-0.05, 0) is 50.5 Å². The molecule has 0 aromatic heterocycles. The van der Waals surface area contributed by atoms with Crippen molar-refractivity contribution in [1.82, 2.24) is 4.90 Å². The van der Waals surface area contributed by atoms with E-state index in [1.165, 1.54) is 6.07 Å². The molecule has 5 nitrogen and oxygen atoms in total. The van der Waals surface area contributed by atoms with Crippen LogP contribution < -0.4 is 5.73 Å². The zero-order valence-corrected chi connectivity index (χ0v) is 12.7. The lowest BCUT2D eigenvalue weighted by Crippen LogP contribution is -2.35. The Labute approximate surface area is 129 Å². The first-order chi connectivity index (χ1) is 9.10. The lowest BCUT2D eigenvalue weighted by atomic mass is 9.97. The molecule has 2 rings (SSSR count). The minimum absolute atomic E-state index is 0. The second kappa shape index (κ2) is 7.78. The number of halogens is 2. The van der Waals surface area contributed by atoms with Crippen molar-refractivity contribution < 1.29 is 4.92 Å². The van der Waals surface area contributed by atoms with Gasteiger partial charge in [0.1, 0.15) is 0 Å². The van der Waals surface area contributed by atoms with E-state index in [1.807, 2.05) is 0 Å². The summed E-state index contributed by atoms with van der Waals surface area (Å²) in [4.78, 5) is 12.9. The molecule has 1 aromatic rings. The van der Waals surface area contributed by atoms with E-state index in [0.717, 1.165) is 32.5 Å². The first-order valence-corrected chi connectivity index (χ1v) is 6.83. The molecular weight excluding hydrogens is 301 g/mol. The van der Waals surface area contributed by atoms with Gasteiger partial charge in [-0.15, -0.1) is 12.4 Å². The highest BCUT2D eigenvalue weighted by Crippen LogP contribution is 2.26. The van der Waals surface area contributed by atoms with Crippen molar-refractivity contribution in [3.05, 3.63) is 38.9 Å². The van der Waals surface area contributed by atoms with Gasteiger partial charge in [0.15, 0.2) is 0 Å². The zero-order chi connectivity index (χ0) is 13.8. The summed E-state index contributed by atoms with van der Waals surface area (Å²) in [5, 5.41) is 11.5. The number of benzene rings is 1. The molecule has 0 amide bonds. The van der Waals surface area contributed by atoms with E-state index in [-0.39, 0.29) is 23.0 Å². The molecule has 1 heterocycles. The van der Waals surface area contributed by atoms with Gasteiger partial charge >= 0.3 is 0 Å². The molecule has 0 saturated carbocycles. The summed E-state index contributed by atoms with van der Waals surface area (Å²) < 4.78 is 0. The number of rotatable bonds is 4. The molecule has 1 aliphatic rings. The van der Waals surface area contributed by atoms with Gasteiger partial charge in [-0.3, -0.25) is 15.0 Å². The van der Waals surface area contributed by atoms with Gasteiger partial charge < -0.3 is 5.73 Å². The van der Waals surface area contributed by atoms with E-state index in [9.17, 15) is 10.1 Å². The molecule has 0 spiro atoms. The SMILES string of the molecule is Cl.NCC1CCN(Cc2cc(Cl)ccc2[N+](=O)[O-])CC1. The van der Waals surface area contributed by atoms with Crippen LogP contribution in [0.15, 0.2) is 18.2 Å². The van der Waals surface area contributed by atoms with Crippen LogP contribution in [0.4, 0.5) is 5.69 Å². The van der Waals surface area contributed by atoms with E-state index in [2.05, 4.69) is 4.90 Å². The predicted octanol–water partition coefficient (Wildman–Crippen LogP) is 2.84. The summed E-state index contributed by atoms with van der Waals surface area (Å²) in [5.41, 5.74) is 6.49. The minimum atomic E-state index is -0.349. The Morgan fingerprint density at radius 3 is 2.60 bits per heavy atom. The van der Waals surface area contributed by atoms with Crippen molar-refractivity contribution in [2.75, 3.05) is 19.6 Å². The predicted molar refractivity (Wildman–Crippen MR) is 82.4 cm³/mol. The number of hydrogen-bond donors (Lipinski definition) is 1. The Balaban J connectivity index is 0.00000200. The lowest BCUT2D eigenvalue weighted by Gasteiger charge is -2.31. The topological polar surface area (TPSA) is 72.4 Å². The second-order valence-corrected chi connectivity index (χ2v) is 5.42. The maximum atomic E-state index is 11.0. The van der Waals surface area contributed by atoms with E-state index in [4.69, 9.17) is 17.3 Å². The normalized spacial score (nSPS) is 16.7. The van der Waals surface area contributed by atoms with Gasteiger partial charge in [0.2, 0.25) is 0 Å². The first-order valence-electron chi connectivity index (χ1n) is 6.45. The van der Waals surface area contributed by atoms with Gasteiger partial charge in [-0.2, -0.15) is 0 Å². The van der Waals surface area contributed by atoms with Crippen LogP contribution in [0.2, 0.25) is 5.02 Å². The highest BCUT2D eigenvalue weighted by Gasteiger charge is 2.21. The molecule has 1 saturated heterocycles. The summed E-state index contributed by atoms with van der Waals surface area (Å²) in [6.45, 7) is 3.18. The van der Waals surface area contributed by atoms with Crippen LogP contribution in [0.5, 0.6) is 0 Å². The molecule has 1 fully saturated rings. The molecule has 1 aromatic carbocycles. The van der Waals surface area contributed by atoms with Crippen molar-refractivity contribution in [1.29, 1.82) is 0 Å². The monoisotopic (exact) mass is 319 g/mol. The average Bonchev–Trinajstić information content (AvgIpc) is 2.39. The molecule has 20 heavy (non-hydrogen) atoms.